The van der Waals surface area contributed by atoms with Gasteiger partial charge in [0, 0.05) is 23.1 Å². The number of rotatable bonds is 4. The van der Waals surface area contributed by atoms with Crippen LogP contribution in [-0.2, 0) is 16.3 Å². The summed E-state index contributed by atoms with van der Waals surface area (Å²) in [6, 6.07) is 15.4. The van der Waals surface area contributed by atoms with E-state index in [1.54, 1.807) is 17.8 Å². The van der Waals surface area contributed by atoms with Gasteiger partial charge in [-0.05, 0) is 35.9 Å². The molecule has 0 spiro atoms. The molecule has 0 aliphatic carbocycles. The van der Waals surface area contributed by atoms with Crippen molar-refractivity contribution in [2.75, 3.05) is 12.1 Å². The van der Waals surface area contributed by atoms with Crippen LogP contribution in [-0.4, -0.2) is 22.5 Å². The number of para-hydroxylation sites is 1. The molecule has 0 unspecified atom stereocenters. The van der Waals surface area contributed by atoms with Crippen molar-refractivity contribution in [1.82, 2.24) is 9.78 Å². The molecule has 2 aliphatic rings. The van der Waals surface area contributed by atoms with Crippen molar-refractivity contribution in [3.63, 3.8) is 0 Å². The summed E-state index contributed by atoms with van der Waals surface area (Å²) >= 11 is 1.81. The Labute approximate surface area is 166 Å². The number of aromatic nitrogens is 2. The summed E-state index contributed by atoms with van der Waals surface area (Å²) in [5, 5.41) is 7.72. The molecule has 1 N–H and O–H groups in total. The number of ether oxygens (including phenoxy) is 2. The van der Waals surface area contributed by atoms with E-state index in [1.165, 1.54) is 6.08 Å². The van der Waals surface area contributed by atoms with Gasteiger partial charge < -0.3 is 14.8 Å². The van der Waals surface area contributed by atoms with Crippen LogP contribution in [0.5, 0.6) is 11.5 Å². The highest BCUT2D eigenvalue weighted by Crippen LogP contribution is 2.36. The molecule has 1 amide bonds. The number of carbonyl (C=O) groups excluding carboxylic acids is 1. The van der Waals surface area contributed by atoms with Crippen LogP contribution in [0.1, 0.15) is 16.8 Å². The van der Waals surface area contributed by atoms with Gasteiger partial charge in [-0.15, -0.1) is 0 Å². The third-order valence-corrected chi connectivity index (χ3v) is 5.59. The highest BCUT2D eigenvalue weighted by molar-refractivity contribution is 7.98. The number of hydrogen-bond donors (Lipinski definition) is 1. The second kappa shape index (κ2) is 7.09. The lowest BCUT2D eigenvalue weighted by Gasteiger charge is -2.09. The Morgan fingerprint density at radius 2 is 1.96 bits per heavy atom. The van der Waals surface area contributed by atoms with E-state index in [0.29, 0.717) is 5.75 Å². The van der Waals surface area contributed by atoms with Crippen molar-refractivity contribution >= 4 is 29.6 Å². The van der Waals surface area contributed by atoms with E-state index in [-0.39, 0.29) is 12.7 Å². The zero-order valence-electron chi connectivity index (χ0n) is 14.9. The maximum Gasteiger partial charge on any atom is 0.249 e. The third kappa shape index (κ3) is 3.14. The Balaban J connectivity index is 1.39. The highest BCUT2D eigenvalue weighted by atomic mass is 32.2. The summed E-state index contributed by atoms with van der Waals surface area (Å²) in [4.78, 5) is 12.6. The Morgan fingerprint density at radius 3 is 2.86 bits per heavy atom. The molecule has 140 valence electrons. The molecule has 0 saturated carbocycles. The molecule has 5 rings (SSSR count). The molecule has 0 fully saturated rings. The molecule has 28 heavy (non-hydrogen) atoms. The molecule has 3 heterocycles. The largest absolute Gasteiger partial charge is 0.454 e. The van der Waals surface area contributed by atoms with Crippen LogP contribution in [0, 0.1) is 0 Å². The number of anilines is 1. The quantitative estimate of drug-likeness (QED) is 0.681. The van der Waals surface area contributed by atoms with E-state index < -0.39 is 0 Å². The first kappa shape index (κ1) is 16.9. The minimum Gasteiger partial charge on any atom is -0.454 e. The number of nitrogens with zero attached hydrogens (tertiary/aromatic N) is 2. The van der Waals surface area contributed by atoms with Gasteiger partial charge in [0.2, 0.25) is 12.7 Å². The number of benzene rings is 2. The fourth-order valence-electron chi connectivity index (χ4n) is 3.24. The van der Waals surface area contributed by atoms with Gasteiger partial charge >= 0.3 is 0 Å². The zero-order valence-corrected chi connectivity index (χ0v) is 15.7. The smallest absolute Gasteiger partial charge is 0.249 e. The summed E-state index contributed by atoms with van der Waals surface area (Å²) in [6.07, 6.45) is 3.28. The number of thioether (sulfide) groups is 1. The molecule has 6 nitrogen and oxygen atoms in total. The summed E-state index contributed by atoms with van der Waals surface area (Å²) in [5.74, 6) is 3.68. The lowest BCUT2D eigenvalue weighted by molar-refractivity contribution is -0.111. The molecule has 0 radical (unpaired) electrons. The molecule has 0 saturated heterocycles. The van der Waals surface area contributed by atoms with Crippen LogP contribution in [0.2, 0.25) is 0 Å². The average molecular weight is 391 g/mol. The maximum absolute atomic E-state index is 12.6. The summed E-state index contributed by atoms with van der Waals surface area (Å²) in [6.45, 7) is 0.232. The minimum atomic E-state index is -0.200. The van der Waals surface area contributed by atoms with Gasteiger partial charge in [0.1, 0.15) is 5.82 Å². The van der Waals surface area contributed by atoms with Gasteiger partial charge in [-0.3, -0.25) is 4.79 Å². The van der Waals surface area contributed by atoms with Gasteiger partial charge in [-0.1, -0.05) is 24.3 Å². The highest BCUT2D eigenvalue weighted by Gasteiger charge is 2.24. The first-order chi connectivity index (χ1) is 13.8. The van der Waals surface area contributed by atoms with Crippen molar-refractivity contribution in [2.24, 2.45) is 0 Å². The van der Waals surface area contributed by atoms with Crippen LogP contribution in [0.25, 0.3) is 11.8 Å². The number of nitrogens with one attached hydrogen (secondary N) is 1. The zero-order chi connectivity index (χ0) is 18.9. The van der Waals surface area contributed by atoms with E-state index in [4.69, 9.17) is 14.6 Å². The van der Waals surface area contributed by atoms with Gasteiger partial charge in [-0.25, -0.2) is 4.68 Å². The molecule has 7 heteroatoms. The van der Waals surface area contributed by atoms with Crippen molar-refractivity contribution in [1.29, 1.82) is 0 Å². The third-order valence-electron chi connectivity index (χ3n) is 4.62. The summed E-state index contributed by atoms with van der Waals surface area (Å²) < 4.78 is 12.5. The fourth-order valence-corrected chi connectivity index (χ4v) is 4.28. The van der Waals surface area contributed by atoms with Crippen molar-refractivity contribution in [3.8, 4) is 17.2 Å². The van der Waals surface area contributed by atoms with E-state index >= 15 is 0 Å². The van der Waals surface area contributed by atoms with Crippen molar-refractivity contribution in [2.45, 2.75) is 11.5 Å². The average Bonchev–Trinajstić information content (AvgIpc) is 3.44. The van der Waals surface area contributed by atoms with E-state index in [0.717, 1.165) is 45.6 Å². The summed E-state index contributed by atoms with van der Waals surface area (Å²) in [7, 11) is 0. The second-order valence-electron chi connectivity index (χ2n) is 6.45. The lowest BCUT2D eigenvalue weighted by Crippen LogP contribution is -2.13. The van der Waals surface area contributed by atoms with E-state index in [2.05, 4.69) is 5.32 Å². The van der Waals surface area contributed by atoms with Crippen LogP contribution < -0.4 is 14.8 Å². The number of carbonyl (C=O) groups is 1. The molecule has 3 aromatic rings. The minimum absolute atomic E-state index is 0.200. The lowest BCUT2D eigenvalue weighted by atomic mass is 10.2. The SMILES string of the molecule is O=C(/C=C/c1ccc2c(c1)OCO2)Nc1c2c(nn1-c1ccccc1)CSC2. The Kier molecular flexibility index (Phi) is 4.29. The van der Waals surface area contributed by atoms with Gasteiger partial charge in [-0.2, -0.15) is 16.9 Å². The van der Waals surface area contributed by atoms with E-state index in [1.807, 2.05) is 53.2 Å². The second-order valence-corrected chi connectivity index (χ2v) is 7.43. The molecular weight excluding hydrogens is 374 g/mol. The standard InChI is InChI=1S/C21H17N3O3S/c25-20(9-7-14-6-8-18-19(10-14)27-13-26-18)22-21-16-11-28-12-17(16)23-24(21)15-4-2-1-3-5-15/h1-10H,11-13H2,(H,22,25)/b9-7+. The predicted molar refractivity (Wildman–Crippen MR) is 109 cm³/mol. The number of fused-ring (bicyclic) bond motifs is 2. The van der Waals surface area contributed by atoms with Crippen LogP contribution >= 0.6 is 11.8 Å². The monoisotopic (exact) mass is 391 g/mol. The van der Waals surface area contributed by atoms with Gasteiger partial charge in [0.05, 0.1) is 11.4 Å². The van der Waals surface area contributed by atoms with E-state index in [9.17, 15) is 4.79 Å². The topological polar surface area (TPSA) is 65.4 Å². The Bertz CT molecular complexity index is 1080. The molecule has 2 aliphatic heterocycles. The molecule has 1 aromatic heterocycles. The van der Waals surface area contributed by atoms with Crippen molar-refractivity contribution in [3.05, 3.63) is 71.4 Å². The fraction of sp³-hybridized carbons (Fsp3) is 0.143. The van der Waals surface area contributed by atoms with Gasteiger partial charge in [0.25, 0.3) is 0 Å². The Morgan fingerprint density at radius 1 is 1.11 bits per heavy atom. The predicted octanol–water partition coefficient (Wildman–Crippen LogP) is 4.00. The molecule has 2 aromatic carbocycles. The normalized spacial score (nSPS) is 14.4. The Hall–Kier alpha value is -3.19. The van der Waals surface area contributed by atoms with Crippen LogP contribution in [0.4, 0.5) is 5.82 Å². The number of hydrogen-bond acceptors (Lipinski definition) is 5. The van der Waals surface area contributed by atoms with Gasteiger partial charge in [0.15, 0.2) is 11.5 Å². The first-order valence-corrected chi connectivity index (χ1v) is 10.1. The first-order valence-electron chi connectivity index (χ1n) is 8.90. The summed E-state index contributed by atoms with van der Waals surface area (Å²) in [5.41, 5.74) is 3.93. The van der Waals surface area contributed by atoms with Crippen LogP contribution in [0.15, 0.2) is 54.6 Å². The molecule has 0 atom stereocenters. The molecule has 0 bridgehead atoms. The van der Waals surface area contributed by atoms with Crippen molar-refractivity contribution < 1.29 is 14.3 Å². The van der Waals surface area contributed by atoms with Crippen LogP contribution in [0.3, 0.4) is 0 Å². The molecular formula is C21H17N3O3S. The maximum atomic E-state index is 12.6. The number of amides is 1.